The second-order valence-electron chi connectivity index (χ2n) is 4.46. The van der Waals surface area contributed by atoms with Crippen LogP contribution in [0.25, 0.3) is 0 Å². The highest BCUT2D eigenvalue weighted by Gasteiger charge is 2.35. The number of rotatable bonds is 4. The van der Waals surface area contributed by atoms with Gasteiger partial charge in [-0.3, -0.25) is 4.79 Å². The molecule has 0 heterocycles. The topological polar surface area (TPSA) is 55.1 Å². The monoisotopic (exact) mass is 258 g/mol. The third-order valence-corrected chi connectivity index (χ3v) is 3.07. The van der Waals surface area contributed by atoms with Crippen LogP contribution in [0.1, 0.15) is 12.5 Å². The molecule has 4 heteroatoms. The van der Waals surface area contributed by atoms with Crippen molar-refractivity contribution in [1.29, 1.82) is 0 Å². The van der Waals surface area contributed by atoms with E-state index in [9.17, 15) is 9.18 Å². The van der Waals surface area contributed by atoms with Crippen molar-refractivity contribution < 1.29 is 9.18 Å². The summed E-state index contributed by atoms with van der Waals surface area (Å²) in [6, 6.07) is 15.2. The second-order valence-corrected chi connectivity index (χ2v) is 4.46. The summed E-state index contributed by atoms with van der Waals surface area (Å²) in [6.07, 6.45) is 0. The van der Waals surface area contributed by atoms with Gasteiger partial charge in [-0.25, -0.2) is 4.39 Å². The van der Waals surface area contributed by atoms with Gasteiger partial charge in [-0.15, -0.1) is 0 Å². The minimum absolute atomic E-state index is 0.228. The molecule has 0 aliphatic heterocycles. The fourth-order valence-electron chi connectivity index (χ4n) is 1.94. The molecular formula is C15H15FN2O. The van der Waals surface area contributed by atoms with Crippen LogP contribution in [0.2, 0.25) is 0 Å². The van der Waals surface area contributed by atoms with E-state index in [0.717, 1.165) is 0 Å². The molecule has 0 bridgehead atoms. The lowest BCUT2D eigenvalue weighted by Crippen LogP contribution is -2.45. The van der Waals surface area contributed by atoms with Gasteiger partial charge in [0.05, 0.1) is 0 Å². The molecule has 1 atom stereocenters. The average Bonchev–Trinajstić information content (AvgIpc) is 2.40. The molecule has 0 fully saturated rings. The molecule has 0 aliphatic rings. The highest BCUT2D eigenvalue weighted by atomic mass is 19.1. The van der Waals surface area contributed by atoms with Crippen molar-refractivity contribution in [2.24, 2.45) is 5.73 Å². The summed E-state index contributed by atoms with van der Waals surface area (Å²) in [6.45, 7) is 1.57. The number of hydrogen-bond donors (Lipinski definition) is 2. The number of benzene rings is 2. The number of nitrogens with one attached hydrogen (secondary N) is 1. The van der Waals surface area contributed by atoms with Crippen LogP contribution < -0.4 is 11.1 Å². The van der Waals surface area contributed by atoms with Crippen molar-refractivity contribution in [2.75, 3.05) is 5.32 Å². The van der Waals surface area contributed by atoms with E-state index in [4.69, 9.17) is 5.73 Å². The Morgan fingerprint density at radius 2 is 1.68 bits per heavy atom. The van der Waals surface area contributed by atoms with Crippen LogP contribution in [-0.2, 0) is 10.3 Å². The molecule has 0 saturated carbocycles. The lowest BCUT2D eigenvalue weighted by Gasteiger charge is -2.29. The SMILES string of the molecule is CC(Nc1ccccc1)(C(N)=O)c1ccccc1F. The number of carbonyl (C=O) groups is 1. The quantitative estimate of drug-likeness (QED) is 0.885. The van der Waals surface area contributed by atoms with E-state index in [0.29, 0.717) is 5.69 Å². The molecule has 1 amide bonds. The Kier molecular flexibility index (Phi) is 3.51. The van der Waals surface area contributed by atoms with Gasteiger partial charge in [0, 0.05) is 11.3 Å². The molecule has 2 aromatic carbocycles. The molecule has 0 aliphatic carbocycles. The predicted octanol–water partition coefficient (Wildman–Crippen LogP) is 2.64. The lowest BCUT2D eigenvalue weighted by molar-refractivity contribution is -0.122. The Morgan fingerprint density at radius 3 is 2.26 bits per heavy atom. The average molecular weight is 258 g/mol. The summed E-state index contributed by atoms with van der Waals surface area (Å²) in [5.41, 5.74) is 5.08. The molecule has 0 spiro atoms. The smallest absolute Gasteiger partial charge is 0.247 e. The van der Waals surface area contributed by atoms with Crippen LogP contribution in [0.4, 0.5) is 10.1 Å². The van der Waals surface area contributed by atoms with Crippen LogP contribution in [-0.4, -0.2) is 5.91 Å². The van der Waals surface area contributed by atoms with E-state index < -0.39 is 17.3 Å². The number of nitrogens with two attached hydrogens (primary N) is 1. The van der Waals surface area contributed by atoms with Gasteiger partial charge in [-0.2, -0.15) is 0 Å². The Balaban J connectivity index is 2.45. The number of carbonyl (C=O) groups excluding carboxylic acids is 1. The van der Waals surface area contributed by atoms with Crippen molar-refractivity contribution >= 4 is 11.6 Å². The largest absolute Gasteiger partial charge is 0.368 e. The van der Waals surface area contributed by atoms with E-state index in [-0.39, 0.29) is 5.56 Å². The first-order valence-corrected chi connectivity index (χ1v) is 5.92. The van der Waals surface area contributed by atoms with E-state index >= 15 is 0 Å². The summed E-state index contributed by atoms with van der Waals surface area (Å²) in [7, 11) is 0. The van der Waals surface area contributed by atoms with E-state index in [2.05, 4.69) is 5.32 Å². The molecule has 1 unspecified atom stereocenters. The van der Waals surface area contributed by atoms with Gasteiger partial charge in [-0.05, 0) is 25.1 Å². The molecule has 0 aromatic heterocycles. The standard InChI is InChI=1S/C15H15FN2O/c1-15(14(17)19,12-9-5-6-10-13(12)16)18-11-7-3-2-4-8-11/h2-10,18H,1H3,(H2,17,19). The van der Waals surface area contributed by atoms with Crippen LogP contribution in [0.5, 0.6) is 0 Å². The maximum absolute atomic E-state index is 13.9. The summed E-state index contributed by atoms with van der Waals surface area (Å²) >= 11 is 0. The first-order valence-electron chi connectivity index (χ1n) is 5.92. The maximum atomic E-state index is 13.9. The molecule has 2 rings (SSSR count). The predicted molar refractivity (Wildman–Crippen MR) is 73.0 cm³/mol. The minimum Gasteiger partial charge on any atom is -0.368 e. The molecule has 0 saturated heterocycles. The molecular weight excluding hydrogens is 243 g/mol. The van der Waals surface area contributed by atoms with Crippen LogP contribution in [0.3, 0.4) is 0 Å². The highest BCUT2D eigenvalue weighted by molar-refractivity contribution is 5.89. The molecule has 98 valence electrons. The van der Waals surface area contributed by atoms with Crippen molar-refractivity contribution in [3.63, 3.8) is 0 Å². The highest BCUT2D eigenvalue weighted by Crippen LogP contribution is 2.27. The first kappa shape index (κ1) is 13.1. The fourth-order valence-corrected chi connectivity index (χ4v) is 1.94. The van der Waals surface area contributed by atoms with Gasteiger partial charge in [0.25, 0.3) is 0 Å². The molecule has 2 aromatic rings. The Hall–Kier alpha value is -2.36. The van der Waals surface area contributed by atoms with Crippen molar-refractivity contribution in [1.82, 2.24) is 0 Å². The van der Waals surface area contributed by atoms with Gasteiger partial charge in [-0.1, -0.05) is 36.4 Å². The zero-order chi connectivity index (χ0) is 13.9. The second kappa shape index (κ2) is 5.10. The number of anilines is 1. The maximum Gasteiger partial charge on any atom is 0.247 e. The summed E-state index contributed by atoms with van der Waals surface area (Å²) in [4.78, 5) is 11.8. The molecule has 3 N–H and O–H groups in total. The van der Waals surface area contributed by atoms with Gasteiger partial charge < -0.3 is 11.1 Å². The van der Waals surface area contributed by atoms with Crippen molar-refractivity contribution in [2.45, 2.75) is 12.5 Å². The number of amides is 1. The number of primary amides is 1. The van der Waals surface area contributed by atoms with Crippen molar-refractivity contribution in [3.05, 3.63) is 66.0 Å². The number of halogens is 1. The third kappa shape index (κ3) is 2.57. The van der Waals surface area contributed by atoms with Gasteiger partial charge >= 0.3 is 0 Å². The fraction of sp³-hybridized carbons (Fsp3) is 0.133. The lowest BCUT2D eigenvalue weighted by atomic mass is 9.90. The third-order valence-electron chi connectivity index (χ3n) is 3.07. The van der Waals surface area contributed by atoms with Crippen LogP contribution in [0, 0.1) is 5.82 Å². The van der Waals surface area contributed by atoms with E-state index in [1.807, 2.05) is 18.2 Å². The summed E-state index contributed by atoms with van der Waals surface area (Å²) < 4.78 is 13.9. The van der Waals surface area contributed by atoms with Gasteiger partial charge in [0.2, 0.25) is 5.91 Å². The number of hydrogen-bond acceptors (Lipinski definition) is 2. The van der Waals surface area contributed by atoms with E-state index in [1.165, 1.54) is 6.07 Å². The molecule has 3 nitrogen and oxygen atoms in total. The Morgan fingerprint density at radius 1 is 1.11 bits per heavy atom. The van der Waals surface area contributed by atoms with Crippen molar-refractivity contribution in [3.8, 4) is 0 Å². The minimum atomic E-state index is -1.30. The normalized spacial score (nSPS) is 13.6. The van der Waals surface area contributed by atoms with Gasteiger partial charge in [0.15, 0.2) is 0 Å². The summed E-state index contributed by atoms with van der Waals surface area (Å²) in [5, 5.41) is 3.00. The Bertz CT molecular complexity index is 586. The van der Waals surface area contributed by atoms with E-state index in [1.54, 1.807) is 37.3 Å². The molecule has 0 radical (unpaired) electrons. The van der Waals surface area contributed by atoms with Crippen LogP contribution in [0.15, 0.2) is 54.6 Å². The summed E-state index contributed by atoms with van der Waals surface area (Å²) in [5.74, 6) is -1.10. The molecule has 19 heavy (non-hydrogen) atoms. The Labute approximate surface area is 111 Å². The van der Waals surface area contributed by atoms with Gasteiger partial charge in [0.1, 0.15) is 11.4 Å². The zero-order valence-corrected chi connectivity index (χ0v) is 10.6. The zero-order valence-electron chi connectivity index (χ0n) is 10.6. The number of para-hydroxylation sites is 1. The first-order chi connectivity index (χ1) is 9.04. The van der Waals surface area contributed by atoms with Crippen LogP contribution >= 0.6 is 0 Å².